The molecule has 0 spiro atoms. The van der Waals surface area contributed by atoms with Crippen LogP contribution in [0.3, 0.4) is 0 Å². The fraction of sp³-hybridized carbons (Fsp3) is 0.0667. The predicted molar refractivity (Wildman–Crippen MR) is 78.5 cm³/mol. The first-order chi connectivity index (χ1) is 9.70. The molecule has 0 atom stereocenters. The molecule has 0 aliphatic rings. The zero-order valence-corrected chi connectivity index (χ0v) is 12.2. The molecule has 0 fully saturated rings. The van der Waals surface area contributed by atoms with Crippen molar-refractivity contribution in [2.45, 2.75) is 0 Å². The molecular weight excluding hydrogens is 322 g/mol. The Kier molecular flexibility index (Phi) is 3.28. The number of oxazole rings is 1. The Labute approximate surface area is 123 Å². The maximum atomic E-state index is 11.9. The number of aromatic nitrogens is 1. The van der Waals surface area contributed by atoms with Crippen molar-refractivity contribution in [3.8, 4) is 11.1 Å². The highest BCUT2D eigenvalue weighted by atomic mass is 79.9. The Morgan fingerprint density at radius 3 is 2.90 bits per heavy atom. The minimum absolute atomic E-state index is 0.391. The lowest BCUT2D eigenvalue weighted by Crippen LogP contribution is -2.03. The van der Waals surface area contributed by atoms with Gasteiger partial charge in [-0.2, -0.15) is 0 Å². The first-order valence-corrected chi connectivity index (χ1v) is 6.70. The van der Waals surface area contributed by atoms with Gasteiger partial charge < -0.3 is 9.15 Å². The number of methoxy groups -OCH3 is 1. The highest BCUT2D eigenvalue weighted by Gasteiger charge is 2.17. The number of rotatable bonds is 2. The number of carbonyl (C=O) groups excluding carboxylic acids is 1. The number of benzene rings is 2. The molecule has 3 aromatic rings. The third-order valence-corrected chi connectivity index (χ3v) is 3.53. The number of para-hydroxylation sites is 1. The Morgan fingerprint density at radius 2 is 2.10 bits per heavy atom. The Morgan fingerprint density at radius 1 is 1.25 bits per heavy atom. The largest absolute Gasteiger partial charge is 0.465 e. The van der Waals surface area contributed by atoms with Gasteiger partial charge in [-0.1, -0.05) is 34.1 Å². The van der Waals surface area contributed by atoms with Crippen molar-refractivity contribution < 1.29 is 13.9 Å². The lowest BCUT2D eigenvalue weighted by Gasteiger charge is -2.09. The van der Waals surface area contributed by atoms with Gasteiger partial charge in [0.05, 0.1) is 12.7 Å². The first-order valence-electron chi connectivity index (χ1n) is 5.91. The van der Waals surface area contributed by atoms with E-state index in [2.05, 4.69) is 20.9 Å². The van der Waals surface area contributed by atoms with E-state index in [1.165, 1.54) is 13.5 Å². The molecule has 3 rings (SSSR count). The Bertz CT molecular complexity index is 795. The Balaban J connectivity index is 2.29. The van der Waals surface area contributed by atoms with E-state index in [9.17, 15) is 4.79 Å². The average Bonchev–Trinajstić information content (AvgIpc) is 2.95. The van der Waals surface area contributed by atoms with Crippen LogP contribution in [0.4, 0.5) is 0 Å². The van der Waals surface area contributed by atoms with E-state index in [0.717, 1.165) is 21.1 Å². The second-order valence-electron chi connectivity index (χ2n) is 4.19. The number of hydrogen-bond acceptors (Lipinski definition) is 4. The SMILES string of the molecule is COC(=O)c1cc(Br)ccc1-c1cccc2ncoc12. The van der Waals surface area contributed by atoms with Gasteiger partial charge in [0.15, 0.2) is 12.0 Å². The van der Waals surface area contributed by atoms with Crippen LogP contribution >= 0.6 is 15.9 Å². The van der Waals surface area contributed by atoms with Crippen LogP contribution in [-0.2, 0) is 4.74 Å². The van der Waals surface area contributed by atoms with Gasteiger partial charge in [-0.05, 0) is 18.2 Å². The second-order valence-corrected chi connectivity index (χ2v) is 5.10. The van der Waals surface area contributed by atoms with Crippen LogP contribution in [0.1, 0.15) is 10.4 Å². The lowest BCUT2D eigenvalue weighted by molar-refractivity contribution is 0.0601. The smallest absolute Gasteiger partial charge is 0.338 e. The number of carbonyl (C=O) groups is 1. The molecule has 0 unspecified atom stereocenters. The molecule has 0 bridgehead atoms. The van der Waals surface area contributed by atoms with E-state index in [-0.39, 0.29) is 0 Å². The van der Waals surface area contributed by atoms with Crippen LogP contribution in [0.15, 0.2) is 51.7 Å². The fourth-order valence-electron chi connectivity index (χ4n) is 2.13. The van der Waals surface area contributed by atoms with E-state index < -0.39 is 5.97 Å². The van der Waals surface area contributed by atoms with Crippen molar-refractivity contribution in [2.24, 2.45) is 0 Å². The van der Waals surface area contributed by atoms with Gasteiger partial charge in [-0.25, -0.2) is 9.78 Å². The summed E-state index contributed by atoms with van der Waals surface area (Å²) in [5, 5.41) is 0. The third kappa shape index (κ3) is 2.10. The molecule has 4 nitrogen and oxygen atoms in total. The molecule has 0 N–H and O–H groups in total. The van der Waals surface area contributed by atoms with E-state index in [0.29, 0.717) is 11.1 Å². The maximum Gasteiger partial charge on any atom is 0.338 e. The number of hydrogen-bond donors (Lipinski definition) is 0. The Hall–Kier alpha value is -2.14. The molecule has 0 radical (unpaired) electrons. The number of nitrogens with zero attached hydrogens (tertiary/aromatic N) is 1. The van der Waals surface area contributed by atoms with Crippen molar-refractivity contribution in [1.82, 2.24) is 4.98 Å². The molecule has 5 heteroatoms. The molecule has 2 aromatic carbocycles. The molecule has 100 valence electrons. The minimum atomic E-state index is -0.391. The second kappa shape index (κ2) is 5.09. The monoisotopic (exact) mass is 331 g/mol. The topological polar surface area (TPSA) is 52.3 Å². The summed E-state index contributed by atoms with van der Waals surface area (Å²) in [6, 6.07) is 11.1. The summed E-state index contributed by atoms with van der Waals surface area (Å²) >= 11 is 3.37. The van der Waals surface area contributed by atoms with Gasteiger partial charge in [0, 0.05) is 15.6 Å². The summed E-state index contributed by atoms with van der Waals surface area (Å²) in [6.45, 7) is 0. The van der Waals surface area contributed by atoms with Crippen molar-refractivity contribution in [3.63, 3.8) is 0 Å². The molecule has 0 aliphatic carbocycles. The quantitative estimate of drug-likeness (QED) is 0.665. The number of ether oxygens (including phenoxy) is 1. The van der Waals surface area contributed by atoms with Gasteiger partial charge in [0.2, 0.25) is 0 Å². The van der Waals surface area contributed by atoms with Crippen LogP contribution < -0.4 is 0 Å². The highest BCUT2D eigenvalue weighted by Crippen LogP contribution is 2.32. The van der Waals surface area contributed by atoms with E-state index in [4.69, 9.17) is 9.15 Å². The van der Waals surface area contributed by atoms with Crippen molar-refractivity contribution >= 4 is 33.0 Å². The minimum Gasteiger partial charge on any atom is -0.465 e. The van der Waals surface area contributed by atoms with Crippen LogP contribution in [0.25, 0.3) is 22.2 Å². The lowest BCUT2D eigenvalue weighted by atomic mass is 9.99. The summed E-state index contributed by atoms with van der Waals surface area (Å²) in [5.41, 5.74) is 3.45. The van der Waals surface area contributed by atoms with E-state index in [1.807, 2.05) is 30.3 Å². The van der Waals surface area contributed by atoms with Gasteiger partial charge in [-0.15, -0.1) is 0 Å². The molecule has 1 heterocycles. The standard InChI is InChI=1S/C15H10BrNO3/c1-19-15(18)12-7-9(16)5-6-10(12)11-3-2-4-13-14(11)20-8-17-13/h2-8H,1H3. The first kappa shape index (κ1) is 12.9. The molecule has 0 saturated heterocycles. The van der Waals surface area contributed by atoms with Crippen molar-refractivity contribution in [3.05, 3.63) is 52.8 Å². The van der Waals surface area contributed by atoms with Gasteiger partial charge in [-0.3, -0.25) is 0 Å². The number of esters is 1. The van der Waals surface area contributed by atoms with Crippen molar-refractivity contribution in [2.75, 3.05) is 7.11 Å². The molecule has 1 aromatic heterocycles. The zero-order chi connectivity index (χ0) is 14.1. The summed E-state index contributed by atoms with van der Waals surface area (Å²) in [5.74, 6) is -0.391. The number of fused-ring (bicyclic) bond motifs is 1. The summed E-state index contributed by atoms with van der Waals surface area (Å²) in [7, 11) is 1.36. The van der Waals surface area contributed by atoms with Crippen LogP contribution in [0.2, 0.25) is 0 Å². The zero-order valence-electron chi connectivity index (χ0n) is 10.6. The summed E-state index contributed by atoms with van der Waals surface area (Å²) in [4.78, 5) is 16.1. The van der Waals surface area contributed by atoms with Crippen LogP contribution in [-0.4, -0.2) is 18.1 Å². The molecular formula is C15H10BrNO3. The van der Waals surface area contributed by atoms with Crippen LogP contribution in [0, 0.1) is 0 Å². The van der Waals surface area contributed by atoms with Crippen LogP contribution in [0.5, 0.6) is 0 Å². The van der Waals surface area contributed by atoms with Gasteiger partial charge in [0.25, 0.3) is 0 Å². The van der Waals surface area contributed by atoms with Gasteiger partial charge in [0.1, 0.15) is 5.52 Å². The molecule has 0 saturated carbocycles. The third-order valence-electron chi connectivity index (χ3n) is 3.03. The summed E-state index contributed by atoms with van der Waals surface area (Å²) < 4.78 is 11.1. The van der Waals surface area contributed by atoms with E-state index >= 15 is 0 Å². The normalized spacial score (nSPS) is 10.7. The average molecular weight is 332 g/mol. The number of halogens is 1. The summed E-state index contributed by atoms with van der Waals surface area (Å²) in [6.07, 6.45) is 1.39. The highest BCUT2D eigenvalue weighted by molar-refractivity contribution is 9.10. The molecule has 0 amide bonds. The van der Waals surface area contributed by atoms with E-state index in [1.54, 1.807) is 6.07 Å². The fourth-order valence-corrected chi connectivity index (χ4v) is 2.49. The van der Waals surface area contributed by atoms with Crippen molar-refractivity contribution in [1.29, 1.82) is 0 Å². The molecule has 20 heavy (non-hydrogen) atoms. The maximum absolute atomic E-state index is 11.9. The molecule has 0 aliphatic heterocycles. The predicted octanol–water partition coefficient (Wildman–Crippen LogP) is 4.04. The van der Waals surface area contributed by atoms with Gasteiger partial charge >= 0.3 is 5.97 Å².